The predicted octanol–water partition coefficient (Wildman–Crippen LogP) is 1.12. The van der Waals surface area contributed by atoms with Gasteiger partial charge < -0.3 is 15.6 Å². The van der Waals surface area contributed by atoms with Gasteiger partial charge in [0.05, 0.1) is 0 Å². The standard InChI is InChI=1S/C17H21N5/c1-3-16-14(8-10-20-2)9-11-22(16)12-13-4-6-15(7-5-13)21-17(18)19/h3-11H,12H2,1-2H3,(H4,18,19,21)/b14-8-,16-3+,20-10+. The van der Waals surface area contributed by atoms with Crippen LogP contribution in [0.15, 0.2) is 41.5 Å². The van der Waals surface area contributed by atoms with Gasteiger partial charge in [-0.2, -0.15) is 0 Å². The fourth-order valence-electron chi connectivity index (χ4n) is 2.31. The molecule has 1 heterocycles. The number of rotatable bonds is 4. The molecule has 22 heavy (non-hydrogen) atoms. The van der Waals surface area contributed by atoms with Crippen LogP contribution in [-0.4, -0.2) is 23.8 Å². The Bertz CT molecular complexity index is 781. The number of benzene rings is 1. The summed E-state index contributed by atoms with van der Waals surface area (Å²) in [6.45, 7) is 2.82. The normalized spacial score (nSPS) is 13.0. The second kappa shape index (κ2) is 7.26. The Hall–Kier alpha value is -2.82. The van der Waals surface area contributed by atoms with Crippen molar-refractivity contribution in [3.8, 4) is 0 Å². The van der Waals surface area contributed by atoms with Gasteiger partial charge in [0, 0.05) is 42.3 Å². The first-order chi connectivity index (χ1) is 10.6. The fourth-order valence-corrected chi connectivity index (χ4v) is 2.31. The summed E-state index contributed by atoms with van der Waals surface area (Å²) >= 11 is 0. The second-order valence-corrected chi connectivity index (χ2v) is 4.88. The summed E-state index contributed by atoms with van der Waals surface area (Å²) in [4.78, 5) is 3.99. The van der Waals surface area contributed by atoms with Crippen LogP contribution in [0.1, 0.15) is 12.5 Å². The number of aliphatic imine (C=N–C) groups is 1. The molecule has 0 atom stereocenters. The Kier molecular flexibility index (Phi) is 5.14. The summed E-state index contributed by atoms with van der Waals surface area (Å²) < 4.78 is 2.20. The van der Waals surface area contributed by atoms with Crippen molar-refractivity contribution >= 4 is 30.0 Å². The lowest BCUT2D eigenvalue weighted by Crippen LogP contribution is -2.29. The Morgan fingerprint density at radius 3 is 2.64 bits per heavy atom. The lowest BCUT2D eigenvalue weighted by atomic mass is 10.2. The molecule has 0 fully saturated rings. The van der Waals surface area contributed by atoms with Gasteiger partial charge in [0.15, 0.2) is 5.96 Å². The molecule has 0 amide bonds. The van der Waals surface area contributed by atoms with E-state index in [1.807, 2.05) is 37.3 Å². The van der Waals surface area contributed by atoms with Gasteiger partial charge in [-0.1, -0.05) is 18.2 Å². The second-order valence-electron chi connectivity index (χ2n) is 4.88. The molecule has 0 saturated carbocycles. The SMILES string of the molecule is C\C=c1/c(=C\C=N\C)ccn1Cc1ccc(NC(=N)N)cc1. The molecule has 5 heteroatoms. The summed E-state index contributed by atoms with van der Waals surface area (Å²) in [5.74, 6) is -0.0567. The van der Waals surface area contributed by atoms with Gasteiger partial charge in [-0.3, -0.25) is 10.4 Å². The molecule has 0 spiro atoms. The third-order valence-electron chi connectivity index (χ3n) is 3.30. The number of anilines is 1. The Labute approximate surface area is 130 Å². The Morgan fingerprint density at radius 1 is 1.32 bits per heavy atom. The zero-order valence-electron chi connectivity index (χ0n) is 12.9. The number of nitrogens with two attached hydrogens (primary N) is 1. The molecular weight excluding hydrogens is 274 g/mol. The number of nitrogens with one attached hydrogen (secondary N) is 2. The van der Waals surface area contributed by atoms with E-state index >= 15 is 0 Å². The maximum atomic E-state index is 7.22. The minimum absolute atomic E-state index is 0.0567. The van der Waals surface area contributed by atoms with Crippen LogP contribution in [0.5, 0.6) is 0 Å². The highest BCUT2D eigenvalue weighted by Gasteiger charge is 1.99. The third-order valence-corrected chi connectivity index (χ3v) is 3.30. The van der Waals surface area contributed by atoms with E-state index in [2.05, 4.69) is 33.2 Å². The molecule has 0 aliphatic heterocycles. The van der Waals surface area contributed by atoms with Crippen LogP contribution in [0, 0.1) is 5.41 Å². The van der Waals surface area contributed by atoms with Crippen molar-refractivity contribution in [1.29, 1.82) is 5.41 Å². The number of hydrogen-bond acceptors (Lipinski definition) is 2. The van der Waals surface area contributed by atoms with E-state index in [1.54, 1.807) is 13.3 Å². The number of aromatic nitrogens is 1. The van der Waals surface area contributed by atoms with E-state index in [9.17, 15) is 0 Å². The first-order valence-electron chi connectivity index (χ1n) is 7.08. The van der Waals surface area contributed by atoms with Gasteiger partial charge in [-0.05, 0) is 36.8 Å². The molecule has 0 aliphatic rings. The van der Waals surface area contributed by atoms with Gasteiger partial charge in [0.25, 0.3) is 0 Å². The first kappa shape index (κ1) is 15.6. The van der Waals surface area contributed by atoms with Crippen molar-refractivity contribution in [1.82, 2.24) is 4.57 Å². The molecule has 0 unspecified atom stereocenters. The monoisotopic (exact) mass is 295 g/mol. The molecule has 0 radical (unpaired) electrons. The van der Waals surface area contributed by atoms with Crippen molar-refractivity contribution in [2.24, 2.45) is 10.7 Å². The smallest absolute Gasteiger partial charge is 0.190 e. The average Bonchev–Trinajstić information content (AvgIpc) is 2.88. The van der Waals surface area contributed by atoms with Crippen LogP contribution < -0.4 is 21.6 Å². The van der Waals surface area contributed by atoms with E-state index in [1.165, 1.54) is 10.9 Å². The Morgan fingerprint density at radius 2 is 2.05 bits per heavy atom. The molecule has 114 valence electrons. The zero-order valence-corrected chi connectivity index (χ0v) is 12.9. The van der Waals surface area contributed by atoms with Gasteiger partial charge in [0.1, 0.15) is 0 Å². The van der Waals surface area contributed by atoms with Gasteiger partial charge in [0.2, 0.25) is 0 Å². The molecule has 2 rings (SSSR count). The van der Waals surface area contributed by atoms with Gasteiger partial charge in [-0.15, -0.1) is 0 Å². The molecule has 0 aliphatic carbocycles. The number of nitrogens with zero attached hydrogens (tertiary/aromatic N) is 2. The van der Waals surface area contributed by atoms with Crippen LogP contribution in [0.2, 0.25) is 0 Å². The van der Waals surface area contributed by atoms with Crippen molar-refractivity contribution in [3.63, 3.8) is 0 Å². The van der Waals surface area contributed by atoms with E-state index < -0.39 is 0 Å². The lowest BCUT2D eigenvalue weighted by molar-refractivity contribution is 0.778. The van der Waals surface area contributed by atoms with Gasteiger partial charge >= 0.3 is 0 Å². The predicted molar refractivity (Wildman–Crippen MR) is 93.8 cm³/mol. The summed E-state index contributed by atoms with van der Waals surface area (Å²) in [6.07, 6.45) is 7.98. The van der Waals surface area contributed by atoms with Crippen molar-refractivity contribution in [2.45, 2.75) is 13.5 Å². The number of guanidine groups is 1. The van der Waals surface area contributed by atoms with E-state index in [4.69, 9.17) is 11.1 Å². The largest absolute Gasteiger partial charge is 0.370 e. The highest BCUT2D eigenvalue weighted by atomic mass is 15.0. The van der Waals surface area contributed by atoms with Crippen LogP contribution in [0.3, 0.4) is 0 Å². The molecule has 2 aromatic rings. The minimum Gasteiger partial charge on any atom is -0.370 e. The highest BCUT2D eigenvalue weighted by molar-refractivity contribution is 5.90. The van der Waals surface area contributed by atoms with Crippen molar-refractivity contribution in [2.75, 3.05) is 12.4 Å². The molecular formula is C17H21N5. The topological polar surface area (TPSA) is 79.2 Å². The average molecular weight is 295 g/mol. The maximum absolute atomic E-state index is 7.22. The lowest BCUT2D eigenvalue weighted by Gasteiger charge is -2.07. The van der Waals surface area contributed by atoms with E-state index in [0.717, 1.165) is 17.5 Å². The third kappa shape index (κ3) is 3.85. The molecule has 4 N–H and O–H groups in total. The maximum Gasteiger partial charge on any atom is 0.190 e. The molecule has 5 nitrogen and oxygen atoms in total. The number of hydrogen-bond donors (Lipinski definition) is 3. The molecule has 1 aromatic carbocycles. The Balaban J connectivity index is 2.24. The quantitative estimate of drug-likeness (QED) is 0.584. The zero-order chi connectivity index (χ0) is 15.9. The van der Waals surface area contributed by atoms with E-state index in [0.29, 0.717) is 0 Å². The molecule has 1 aromatic heterocycles. The highest BCUT2D eigenvalue weighted by Crippen LogP contribution is 2.09. The summed E-state index contributed by atoms with van der Waals surface area (Å²) in [6, 6.07) is 9.99. The van der Waals surface area contributed by atoms with Crippen LogP contribution in [-0.2, 0) is 6.54 Å². The molecule has 0 saturated heterocycles. The van der Waals surface area contributed by atoms with Crippen LogP contribution in [0.4, 0.5) is 5.69 Å². The van der Waals surface area contributed by atoms with Crippen molar-refractivity contribution in [3.05, 3.63) is 52.7 Å². The minimum atomic E-state index is -0.0567. The van der Waals surface area contributed by atoms with Crippen molar-refractivity contribution < 1.29 is 0 Å². The van der Waals surface area contributed by atoms with E-state index in [-0.39, 0.29) is 5.96 Å². The van der Waals surface area contributed by atoms with Crippen LogP contribution >= 0.6 is 0 Å². The summed E-state index contributed by atoms with van der Waals surface area (Å²) in [7, 11) is 1.76. The summed E-state index contributed by atoms with van der Waals surface area (Å²) in [5.41, 5.74) is 7.32. The van der Waals surface area contributed by atoms with Gasteiger partial charge in [-0.25, -0.2) is 0 Å². The molecule has 0 bridgehead atoms. The first-order valence-corrected chi connectivity index (χ1v) is 7.08. The van der Waals surface area contributed by atoms with Crippen LogP contribution in [0.25, 0.3) is 12.2 Å². The fraction of sp³-hybridized carbons (Fsp3) is 0.176. The summed E-state index contributed by atoms with van der Waals surface area (Å²) in [5, 5.41) is 12.3.